The van der Waals surface area contributed by atoms with Crippen molar-refractivity contribution < 1.29 is 4.52 Å². The van der Waals surface area contributed by atoms with Crippen molar-refractivity contribution in [3.8, 4) is 23.0 Å². The van der Waals surface area contributed by atoms with Crippen LogP contribution in [0.1, 0.15) is 4.88 Å². The summed E-state index contributed by atoms with van der Waals surface area (Å²) in [5.41, 5.74) is 9.12. The molecular formula is C10H8N4OS2. The van der Waals surface area contributed by atoms with Gasteiger partial charge in [0.1, 0.15) is 5.69 Å². The van der Waals surface area contributed by atoms with Crippen LogP contribution >= 0.6 is 22.7 Å². The van der Waals surface area contributed by atoms with Crippen LogP contribution in [0.3, 0.4) is 0 Å². The number of nitrogens with two attached hydrogens (primary N) is 1. The minimum absolute atomic E-state index is 0.440. The molecule has 7 heteroatoms. The monoisotopic (exact) mass is 264 g/mol. The molecule has 17 heavy (non-hydrogen) atoms. The summed E-state index contributed by atoms with van der Waals surface area (Å²) in [6.45, 7) is 1.99. The number of hydrogen-bond acceptors (Lipinski definition) is 7. The molecule has 0 atom stereocenters. The second kappa shape index (κ2) is 3.94. The van der Waals surface area contributed by atoms with Gasteiger partial charge >= 0.3 is 0 Å². The molecule has 0 aliphatic heterocycles. The normalized spacial score (nSPS) is 10.9. The van der Waals surface area contributed by atoms with Gasteiger partial charge in [0.05, 0.1) is 16.1 Å². The molecule has 0 fully saturated rings. The smallest absolute Gasteiger partial charge is 0.261 e. The number of thiazole rings is 1. The Balaban J connectivity index is 2.03. The first-order valence-electron chi connectivity index (χ1n) is 4.82. The molecule has 3 aromatic heterocycles. The van der Waals surface area contributed by atoms with E-state index in [0.717, 1.165) is 16.1 Å². The lowest BCUT2D eigenvalue weighted by Crippen LogP contribution is -1.84. The lowest BCUT2D eigenvalue weighted by Gasteiger charge is -1.88. The van der Waals surface area contributed by atoms with Crippen molar-refractivity contribution in [2.45, 2.75) is 6.92 Å². The Bertz CT molecular complexity index is 641. The van der Waals surface area contributed by atoms with Gasteiger partial charge in [0.15, 0.2) is 0 Å². The van der Waals surface area contributed by atoms with Crippen molar-refractivity contribution in [2.24, 2.45) is 0 Å². The average Bonchev–Trinajstić information content (AvgIpc) is 2.97. The largest absolute Gasteiger partial charge is 0.390 e. The Morgan fingerprint density at radius 2 is 2.29 bits per heavy atom. The molecule has 0 unspecified atom stereocenters. The van der Waals surface area contributed by atoms with E-state index in [1.165, 1.54) is 22.7 Å². The highest BCUT2D eigenvalue weighted by atomic mass is 32.1. The van der Waals surface area contributed by atoms with Gasteiger partial charge in [-0.2, -0.15) is 4.98 Å². The molecule has 0 aromatic carbocycles. The van der Waals surface area contributed by atoms with Crippen molar-refractivity contribution in [2.75, 3.05) is 5.73 Å². The summed E-state index contributed by atoms with van der Waals surface area (Å²) in [5.74, 6) is 0.930. The summed E-state index contributed by atoms with van der Waals surface area (Å²) < 4.78 is 5.20. The van der Waals surface area contributed by atoms with Crippen LogP contribution < -0.4 is 5.73 Å². The van der Waals surface area contributed by atoms with E-state index in [4.69, 9.17) is 10.3 Å². The lowest BCUT2D eigenvalue weighted by atomic mass is 10.3. The van der Waals surface area contributed by atoms with Crippen molar-refractivity contribution in [3.05, 3.63) is 21.8 Å². The third kappa shape index (κ3) is 1.83. The van der Waals surface area contributed by atoms with Crippen LogP contribution in [-0.4, -0.2) is 15.1 Å². The molecular weight excluding hydrogens is 256 g/mol. The highest BCUT2D eigenvalue weighted by Crippen LogP contribution is 2.33. The van der Waals surface area contributed by atoms with Crippen LogP contribution in [0.15, 0.2) is 21.5 Å². The van der Waals surface area contributed by atoms with E-state index in [0.29, 0.717) is 16.7 Å². The molecule has 3 heterocycles. The van der Waals surface area contributed by atoms with Gasteiger partial charge < -0.3 is 10.3 Å². The molecule has 0 aliphatic rings. The average molecular weight is 264 g/mol. The summed E-state index contributed by atoms with van der Waals surface area (Å²) in [7, 11) is 0. The Morgan fingerprint density at radius 1 is 1.41 bits per heavy atom. The zero-order chi connectivity index (χ0) is 11.8. The van der Waals surface area contributed by atoms with E-state index in [1.807, 2.05) is 18.4 Å². The summed E-state index contributed by atoms with van der Waals surface area (Å²) >= 11 is 3.00. The predicted octanol–water partition coefficient (Wildman–Crippen LogP) is 2.81. The number of rotatable bonds is 2. The standard InChI is InChI=1S/C10H8N4OS2/c1-5-2-6(8(11)17-5)10-13-9(14-15-10)7-3-16-4-12-7/h2-4H,11H2,1H3. The Hall–Kier alpha value is -1.73. The zero-order valence-corrected chi connectivity index (χ0v) is 10.5. The summed E-state index contributed by atoms with van der Waals surface area (Å²) in [4.78, 5) is 9.53. The van der Waals surface area contributed by atoms with Crippen molar-refractivity contribution >= 4 is 27.7 Å². The molecule has 0 radical (unpaired) electrons. The fourth-order valence-electron chi connectivity index (χ4n) is 1.46. The molecule has 0 saturated heterocycles. The third-order valence-corrected chi connectivity index (χ3v) is 3.67. The topological polar surface area (TPSA) is 77.8 Å². The highest BCUT2D eigenvalue weighted by molar-refractivity contribution is 7.16. The molecule has 0 spiro atoms. The summed E-state index contributed by atoms with van der Waals surface area (Å²) in [6, 6.07) is 1.94. The van der Waals surface area contributed by atoms with E-state index in [1.54, 1.807) is 5.51 Å². The zero-order valence-electron chi connectivity index (χ0n) is 8.88. The Labute approximate surface area is 105 Å². The Kier molecular flexibility index (Phi) is 2.41. The lowest BCUT2D eigenvalue weighted by molar-refractivity contribution is 0.432. The van der Waals surface area contributed by atoms with Gasteiger partial charge in [-0.05, 0) is 13.0 Å². The number of thiophene rings is 1. The van der Waals surface area contributed by atoms with Gasteiger partial charge in [0.25, 0.3) is 5.89 Å². The molecule has 3 rings (SSSR count). The van der Waals surface area contributed by atoms with E-state index < -0.39 is 0 Å². The van der Waals surface area contributed by atoms with Crippen LogP contribution in [0.25, 0.3) is 23.0 Å². The van der Waals surface area contributed by atoms with Crippen LogP contribution in [-0.2, 0) is 0 Å². The summed E-state index contributed by atoms with van der Waals surface area (Å²) in [6.07, 6.45) is 0. The molecule has 5 nitrogen and oxygen atoms in total. The first-order chi connectivity index (χ1) is 8.24. The number of hydrogen-bond donors (Lipinski definition) is 1. The van der Waals surface area contributed by atoms with Crippen molar-refractivity contribution in [1.29, 1.82) is 0 Å². The minimum atomic E-state index is 0.440. The van der Waals surface area contributed by atoms with Gasteiger partial charge in [-0.1, -0.05) is 5.16 Å². The quantitative estimate of drug-likeness (QED) is 0.770. The Morgan fingerprint density at radius 3 is 2.94 bits per heavy atom. The van der Waals surface area contributed by atoms with Crippen LogP contribution in [0.2, 0.25) is 0 Å². The minimum Gasteiger partial charge on any atom is -0.390 e. The molecule has 0 amide bonds. The fourth-order valence-corrected chi connectivity index (χ4v) is 2.77. The maximum atomic E-state index is 5.88. The predicted molar refractivity (Wildman–Crippen MR) is 67.9 cm³/mol. The van der Waals surface area contributed by atoms with Gasteiger partial charge in [-0.25, -0.2) is 4.98 Å². The number of aryl methyl sites for hydroxylation is 1. The molecule has 2 N–H and O–H groups in total. The maximum Gasteiger partial charge on any atom is 0.261 e. The molecule has 0 aliphatic carbocycles. The van der Waals surface area contributed by atoms with E-state index in [9.17, 15) is 0 Å². The highest BCUT2D eigenvalue weighted by Gasteiger charge is 2.15. The van der Waals surface area contributed by atoms with Gasteiger partial charge in [-0.15, -0.1) is 22.7 Å². The van der Waals surface area contributed by atoms with E-state index >= 15 is 0 Å². The number of nitrogen functional groups attached to an aromatic ring is 1. The van der Waals surface area contributed by atoms with E-state index in [-0.39, 0.29) is 0 Å². The maximum absolute atomic E-state index is 5.88. The number of aromatic nitrogens is 3. The van der Waals surface area contributed by atoms with Crippen LogP contribution in [0.5, 0.6) is 0 Å². The van der Waals surface area contributed by atoms with Gasteiger partial charge in [-0.3, -0.25) is 0 Å². The van der Waals surface area contributed by atoms with Crippen molar-refractivity contribution in [3.63, 3.8) is 0 Å². The fraction of sp³-hybridized carbons (Fsp3) is 0.100. The number of nitrogens with zero attached hydrogens (tertiary/aromatic N) is 3. The second-order valence-electron chi connectivity index (χ2n) is 3.43. The van der Waals surface area contributed by atoms with Crippen LogP contribution in [0, 0.1) is 6.92 Å². The first-order valence-corrected chi connectivity index (χ1v) is 6.58. The molecule has 86 valence electrons. The SMILES string of the molecule is Cc1cc(-c2nc(-c3cscn3)no2)c(N)s1. The second-order valence-corrected chi connectivity index (χ2v) is 5.44. The first kappa shape index (κ1) is 10.4. The van der Waals surface area contributed by atoms with Crippen LogP contribution in [0.4, 0.5) is 5.00 Å². The summed E-state index contributed by atoms with van der Waals surface area (Å²) in [5, 5.41) is 6.46. The molecule has 0 saturated carbocycles. The van der Waals surface area contributed by atoms with Gasteiger partial charge in [0.2, 0.25) is 5.82 Å². The van der Waals surface area contributed by atoms with E-state index in [2.05, 4.69) is 15.1 Å². The number of anilines is 1. The third-order valence-electron chi connectivity index (χ3n) is 2.20. The molecule has 3 aromatic rings. The van der Waals surface area contributed by atoms with Gasteiger partial charge in [0, 0.05) is 10.3 Å². The van der Waals surface area contributed by atoms with Crippen molar-refractivity contribution in [1.82, 2.24) is 15.1 Å². The molecule has 0 bridgehead atoms.